The van der Waals surface area contributed by atoms with Crippen molar-refractivity contribution in [2.24, 2.45) is 0 Å². The van der Waals surface area contributed by atoms with Gasteiger partial charge in [0.2, 0.25) is 0 Å². The van der Waals surface area contributed by atoms with Crippen LogP contribution in [0.4, 0.5) is 0 Å². The Morgan fingerprint density at radius 1 is 1.50 bits per heavy atom. The van der Waals surface area contributed by atoms with Crippen molar-refractivity contribution < 1.29 is 14.3 Å². The van der Waals surface area contributed by atoms with E-state index < -0.39 is 5.97 Å². The lowest BCUT2D eigenvalue weighted by Crippen LogP contribution is -2.31. The summed E-state index contributed by atoms with van der Waals surface area (Å²) in [5, 5.41) is 11.9. The minimum Gasteiger partial charge on any atom is -0.481 e. The number of aryl methyl sites for hydroxylation is 2. The molecule has 0 amide bonds. The maximum atomic E-state index is 10.5. The number of hydrogen-bond acceptors (Lipinski definition) is 3. The van der Waals surface area contributed by atoms with Crippen molar-refractivity contribution in [1.29, 1.82) is 0 Å². The molecule has 1 rings (SSSR count). The predicted molar refractivity (Wildman–Crippen MR) is 61.4 cm³/mol. The predicted octanol–water partition coefficient (Wildman–Crippen LogP) is 2.41. The van der Waals surface area contributed by atoms with Crippen LogP contribution in [0.5, 0.6) is 0 Å². The topological polar surface area (TPSA) is 62.5 Å². The molecule has 0 aromatic carbocycles. The summed E-state index contributed by atoms with van der Waals surface area (Å²) in [6, 6.07) is 2.04. The summed E-state index contributed by atoms with van der Waals surface area (Å²) in [5.74, 6) is 0.986. The number of nitrogens with one attached hydrogen (secondary N) is 1. The molecule has 16 heavy (non-hydrogen) atoms. The SMILES string of the molecule is Cc1cc(C(C)NC(C)CC(=O)O)c(C)o1. The number of aliphatic carboxylic acids is 1. The molecule has 2 N–H and O–H groups in total. The average Bonchev–Trinajstić information content (AvgIpc) is 2.43. The molecule has 4 heteroatoms. The lowest BCUT2D eigenvalue weighted by molar-refractivity contribution is -0.137. The van der Waals surface area contributed by atoms with Crippen molar-refractivity contribution >= 4 is 5.97 Å². The summed E-state index contributed by atoms with van der Waals surface area (Å²) >= 11 is 0. The van der Waals surface area contributed by atoms with Crippen LogP contribution >= 0.6 is 0 Å². The summed E-state index contributed by atoms with van der Waals surface area (Å²) < 4.78 is 5.44. The van der Waals surface area contributed by atoms with Gasteiger partial charge >= 0.3 is 5.97 Å². The standard InChI is InChI=1S/C12H19NO3/c1-7(5-12(14)15)13-9(3)11-6-8(2)16-10(11)4/h6-7,9,13H,5H2,1-4H3,(H,14,15). The van der Waals surface area contributed by atoms with Gasteiger partial charge in [0.15, 0.2) is 0 Å². The highest BCUT2D eigenvalue weighted by atomic mass is 16.4. The zero-order valence-corrected chi connectivity index (χ0v) is 10.2. The minimum atomic E-state index is -0.785. The molecule has 0 bridgehead atoms. The minimum absolute atomic E-state index is 0.0536. The van der Waals surface area contributed by atoms with Gasteiger partial charge in [-0.3, -0.25) is 4.79 Å². The second kappa shape index (κ2) is 5.16. The Hall–Kier alpha value is -1.29. The molecule has 2 unspecified atom stereocenters. The van der Waals surface area contributed by atoms with E-state index in [2.05, 4.69) is 5.32 Å². The number of hydrogen-bond donors (Lipinski definition) is 2. The van der Waals surface area contributed by atoms with Crippen LogP contribution in [0.25, 0.3) is 0 Å². The molecule has 0 radical (unpaired) electrons. The molecule has 2 atom stereocenters. The molecule has 1 aromatic rings. The molecule has 4 nitrogen and oxygen atoms in total. The third kappa shape index (κ3) is 3.38. The van der Waals surface area contributed by atoms with Crippen LogP contribution in [0, 0.1) is 13.8 Å². The van der Waals surface area contributed by atoms with Crippen molar-refractivity contribution in [2.75, 3.05) is 0 Å². The third-order valence-electron chi connectivity index (χ3n) is 2.56. The van der Waals surface area contributed by atoms with Gasteiger partial charge in [0.05, 0.1) is 6.42 Å². The fraction of sp³-hybridized carbons (Fsp3) is 0.583. The molecule has 90 valence electrons. The third-order valence-corrected chi connectivity index (χ3v) is 2.56. The van der Waals surface area contributed by atoms with E-state index in [1.165, 1.54) is 0 Å². The Balaban J connectivity index is 2.61. The summed E-state index contributed by atoms with van der Waals surface area (Å²) in [4.78, 5) is 10.5. The first-order chi connectivity index (χ1) is 7.40. The summed E-state index contributed by atoms with van der Waals surface area (Å²) in [7, 11) is 0. The fourth-order valence-electron chi connectivity index (χ4n) is 1.92. The normalized spacial score (nSPS) is 14.8. The zero-order chi connectivity index (χ0) is 12.3. The Bertz CT molecular complexity index is 370. The Kier molecular flexibility index (Phi) is 4.12. The Morgan fingerprint density at radius 3 is 2.56 bits per heavy atom. The van der Waals surface area contributed by atoms with Crippen molar-refractivity contribution in [1.82, 2.24) is 5.32 Å². The number of rotatable bonds is 5. The number of carboxylic acid groups (broad SMARTS) is 1. The van der Waals surface area contributed by atoms with Crippen molar-refractivity contribution in [3.05, 3.63) is 23.2 Å². The molecular formula is C12H19NO3. The molecule has 0 spiro atoms. The maximum absolute atomic E-state index is 10.5. The highest BCUT2D eigenvalue weighted by molar-refractivity contribution is 5.67. The van der Waals surface area contributed by atoms with E-state index in [0.717, 1.165) is 17.1 Å². The van der Waals surface area contributed by atoms with E-state index in [0.29, 0.717) is 0 Å². The largest absolute Gasteiger partial charge is 0.481 e. The Morgan fingerprint density at radius 2 is 2.12 bits per heavy atom. The van der Waals surface area contributed by atoms with Crippen LogP contribution in [-0.2, 0) is 4.79 Å². The first kappa shape index (κ1) is 12.8. The monoisotopic (exact) mass is 225 g/mol. The van der Waals surface area contributed by atoms with E-state index in [1.54, 1.807) is 0 Å². The van der Waals surface area contributed by atoms with Crippen LogP contribution in [0.15, 0.2) is 10.5 Å². The maximum Gasteiger partial charge on any atom is 0.304 e. The van der Waals surface area contributed by atoms with Gasteiger partial charge in [0.1, 0.15) is 11.5 Å². The number of furan rings is 1. The fourth-order valence-corrected chi connectivity index (χ4v) is 1.92. The van der Waals surface area contributed by atoms with E-state index in [4.69, 9.17) is 9.52 Å². The molecular weight excluding hydrogens is 206 g/mol. The van der Waals surface area contributed by atoms with Gasteiger partial charge in [-0.25, -0.2) is 0 Å². The zero-order valence-electron chi connectivity index (χ0n) is 10.2. The molecule has 0 fully saturated rings. The quantitative estimate of drug-likeness (QED) is 0.807. The second-order valence-electron chi connectivity index (χ2n) is 4.26. The van der Waals surface area contributed by atoms with Crippen molar-refractivity contribution in [3.63, 3.8) is 0 Å². The molecule has 0 saturated carbocycles. The van der Waals surface area contributed by atoms with Crippen molar-refractivity contribution in [2.45, 2.75) is 46.2 Å². The summed E-state index contributed by atoms with van der Waals surface area (Å²) in [5.41, 5.74) is 1.09. The molecule has 1 aromatic heterocycles. The first-order valence-electron chi connectivity index (χ1n) is 5.45. The second-order valence-corrected chi connectivity index (χ2v) is 4.26. The lowest BCUT2D eigenvalue weighted by Gasteiger charge is -2.18. The van der Waals surface area contributed by atoms with Crippen LogP contribution in [0.1, 0.15) is 43.4 Å². The number of carboxylic acids is 1. The Labute approximate surface area is 95.7 Å². The first-order valence-corrected chi connectivity index (χ1v) is 5.45. The molecule has 0 aliphatic heterocycles. The summed E-state index contributed by atoms with van der Waals surface area (Å²) in [6.07, 6.45) is 0.125. The average molecular weight is 225 g/mol. The van der Waals surface area contributed by atoms with Crippen molar-refractivity contribution in [3.8, 4) is 0 Å². The van der Waals surface area contributed by atoms with Crippen LogP contribution in [0.3, 0.4) is 0 Å². The van der Waals surface area contributed by atoms with Gasteiger partial charge in [-0.05, 0) is 33.8 Å². The van der Waals surface area contributed by atoms with E-state index in [9.17, 15) is 4.79 Å². The van der Waals surface area contributed by atoms with Crippen LogP contribution in [0.2, 0.25) is 0 Å². The highest BCUT2D eigenvalue weighted by Crippen LogP contribution is 2.21. The van der Waals surface area contributed by atoms with Crippen LogP contribution < -0.4 is 5.32 Å². The van der Waals surface area contributed by atoms with Gasteiger partial charge in [-0.15, -0.1) is 0 Å². The van der Waals surface area contributed by atoms with Gasteiger partial charge in [0.25, 0.3) is 0 Å². The molecule has 1 heterocycles. The van der Waals surface area contributed by atoms with Gasteiger partial charge in [-0.1, -0.05) is 0 Å². The van der Waals surface area contributed by atoms with E-state index in [-0.39, 0.29) is 18.5 Å². The van der Waals surface area contributed by atoms with E-state index >= 15 is 0 Å². The highest BCUT2D eigenvalue weighted by Gasteiger charge is 2.16. The van der Waals surface area contributed by atoms with Crippen LogP contribution in [-0.4, -0.2) is 17.1 Å². The molecule has 0 aliphatic rings. The lowest BCUT2D eigenvalue weighted by atomic mass is 10.1. The summed E-state index contributed by atoms with van der Waals surface area (Å²) in [6.45, 7) is 7.70. The van der Waals surface area contributed by atoms with E-state index in [1.807, 2.05) is 33.8 Å². The van der Waals surface area contributed by atoms with Gasteiger partial charge < -0.3 is 14.8 Å². The van der Waals surface area contributed by atoms with Gasteiger partial charge in [0, 0.05) is 17.6 Å². The molecule has 0 saturated heterocycles. The number of carbonyl (C=O) groups is 1. The smallest absolute Gasteiger partial charge is 0.304 e. The van der Waals surface area contributed by atoms with Gasteiger partial charge in [-0.2, -0.15) is 0 Å². The molecule has 0 aliphatic carbocycles.